The van der Waals surface area contributed by atoms with Crippen LogP contribution in [0.5, 0.6) is 0 Å². The molecular weight excluding hydrogens is 318 g/mol. The van der Waals surface area contributed by atoms with E-state index in [4.69, 9.17) is 14.2 Å². The fourth-order valence-corrected chi connectivity index (χ4v) is 2.94. The molecule has 1 amide bonds. The van der Waals surface area contributed by atoms with E-state index in [2.05, 4.69) is 19.2 Å². The molecular formula is C20H31NO4. The first-order valence-electron chi connectivity index (χ1n) is 9.29. The van der Waals surface area contributed by atoms with Crippen LogP contribution in [0, 0.1) is 5.92 Å². The van der Waals surface area contributed by atoms with Crippen molar-refractivity contribution in [3.63, 3.8) is 0 Å². The third-order valence-corrected chi connectivity index (χ3v) is 4.31. The van der Waals surface area contributed by atoms with Gasteiger partial charge in [-0.15, -0.1) is 0 Å². The lowest BCUT2D eigenvalue weighted by atomic mass is 10.00. The summed E-state index contributed by atoms with van der Waals surface area (Å²) in [5, 5.41) is 2.97. The van der Waals surface area contributed by atoms with Crippen molar-refractivity contribution in [2.75, 3.05) is 6.61 Å². The molecule has 0 aliphatic carbocycles. The summed E-state index contributed by atoms with van der Waals surface area (Å²) in [5.41, 5.74) is 0.970. The number of nitrogens with one attached hydrogen (secondary N) is 1. The maximum atomic E-state index is 12.2. The fourth-order valence-electron chi connectivity index (χ4n) is 2.94. The summed E-state index contributed by atoms with van der Waals surface area (Å²) in [6.45, 7) is 7.27. The summed E-state index contributed by atoms with van der Waals surface area (Å²) in [5.74, 6) is 0.442. The van der Waals surface area contributed by atoms with Crippen molar-refractivity contribution in [2.24, 2.45) is 5.92 Å². The molecule has 5 nitrogen and oxygen atoms in total. The Hall–Kier alpha value is -1.59. The first kappa shape index (κ1) is 19.7. The quantitative estimate of drug-likeness (QED) is 0.762. The van der Waals surface area contributed by atoms with Gasteiger partial charge in [0.05, 0.1) is 12.1 Å². The minimum absolute atomic E-state index is 0.103. The van der Waals surface area contributed by atoms with E-state index in [1.807, 2.05) is 37.3 Å². The van der Waals surface area contributed by atoms with E-state index >= 15 is 0 Å². The van der Waals surface area contributed by atoms with Crippen molar-refractivity contribution in [1.82, 2.24) is 5.32 Å². The molecule has 1 heterocycles. The Kier molecular flexibility index (Phi) is 8.22. The molecule has 5 heteroatoms. The molecule has 0 bridgehead atoms. The van der Waals surface area contributed by atoms with Gasteiger partial charge >= 0.3 is 6.09 Å². The molecule has 3 atom stereocenters. The van der Waals surface area contributed by atoms with Crippen LogP contribution in [0.15, 0.2) is 30.3 Å². The summed E-state index contributed by atoms with van der Waals surface area (Å²) in [4.78, 5) is 12.2. The molecule has 140 valence electrons. The maximum absolute atomic E-state index is 12.2. The number of carbonyl (C=O) groups is 1. The first-order valence-corrected chi connectivity index (χ1v) is 9.29. The third-order valence-electron chi connectivity index (χ3n) is 4.31. The van der Waals surface area contributed by atoms with Gasteiger partial charge in [0.15, 0.2) is 6.29 Å². The normalized spacial score (nSPS) is 20.1. The number of carbonyl (C=O) groups excluding carboxylic acids is 1. The molecule has 1 N–H and O–H groups in total. The highest BCUT2D eigenvalue weighted by molar-refractivity contribution is 5.67. The Morgan fingerprint density at radius 2 is 2.00 bits per heavy atom. The number of hydrogen-bond acceptors (Lipinski definition) is 4. The van der Waals surface area contributed by atoms with Gasteiger partial charge in [-0.05, 0) is 44.1 Å². The van der Waals surface area contributed by atoms with Crippen LogP contribution in [0.3, 0.4) is 0 Å². The molecule has 2 unspecified atom stereocenters. The van der Waals surface area contributed by atoms with Crippen molar-refractivity contribution < 1.29 is 19.0 Å². The van der Waals surface area contributed by atoms with E-state index in [1.165, 1.54) is 0 Å². The Bertz CT molecular complexity index is 500. The Morgan fingerprint density at radius 3 is 2.64 bits per heavy atom. The third kappa shape index (κ3) is 7.45. The highest BCUT2D eigenvalue weighted by Gasteiger charge is 2.26. The zero-order chi connectivity index (χ0) is 18.1. The van der Waals surface area contributed by atoms with Crippen LogP contribution in [-0.4, -0.2) is 31.1 Å². The van der Waals surface area contributed by atoms with Gasteiger partial charge in [-0.25, -0.2) is 4.79 Å². The molecule has 0 radical (unpaired) electrons. The predicted octanol–water partition coefficient (Wildman–Crippen LogP) is 4.26. The standard InChI is InChI=1S/C20H31NO4/c1-15(2)13-18(16(3)25-19-11-7-8-12-23-19)21-20(22)24-14-17-9-5-4-6-10-17/h4-6,9-10,15-16,18-19H,7-8,11-14H2,1-3H3,(H,21,22)/t16?,18-,19?/m0/s1. The molecule has 1 saturated heterocycles. The minimum Gasteiger partial charge on any atom is -0.445 e. The van der Waals surface area contributed by atoms with Gasteiger partial charge < -0.3 is 19.5 Å². The number of benzene rings is 1. The molecule has 0 spiro atoms. The van der Waals surface area contributed by atoms with Crippen molar-refractivity contribution in [3.05, 3.63) is 35.9 Å². The molecule has 25 heavy (non-hydrogen) atoms. The summed E-state index contributed by atoms with van der Waals surface area (Å²) in [6, 6.07) is 9.56. The van der Waals surface area contributed by atoms with Crippen molar-refractivity contribution >= 4 is 6.09 Å². The van der Waals surface area contributed by atoms with Gasteiger partial charge in [0.2, 0.25) is 0 Å². The van der Waals surface area contributed by atoms with Crippen LogP contribution >= 0.6 is 0 Å². The fraction of sp³-hybridized carbons (Fsp3) is 0.650. The molecule has 1 fully saturated rings. The van der Waals surface area contributed by atoms with Gasteiger partial charge in [0.1, 0.15) is 6.61 Å². The molecule has 1 aromatic rings. The molecule has 1 aliphatic heterocycles. The topological polar surface area (TPSA) is 56.8 Å². The summed E-state index contributed by atoms with van der Waals surface area (Å²) in [7, 11) is 0. The SMILES string of the molecule is CC(C)C[C@H](NC(=O)OCc1ccccc1)C(C)OC1CCCCO1. The smallest absolute Gasteiger partial charge is 0.407 e. The second kappa shape index (κ2) is 10.4. The van der Waals surface area contributed by atoms with Crippen LogP contribution in [0.4, 0.5) is 4.79 Å². The van der Waals surface area contributed by atoms with Crippen molar-refractivity contribution in [1.29, 1.82) is 0 Å². The average Bonchev–Trinajstić information content (AvgIpc) is 2.61. The number of rotatable bonds is 8. The molecule has 2 rings (SSSR count). The van der Waals surface area contributed by atoms with Crippen LogP contribution in [0.1, 0.15) is 52.0 Å². The Morgan fingerprint density at radius 1 is 1.24 bits per heavy atom. The van der Waals surface area contributed by atoms with E-state index in [0.29, 0.717) is 5.92 Å². The minimum atomic E-state index is -0.408. The lowest BCUT2D eigenvalue weighted by molar-refractivity contribution is -0.190. The maximum Gasteiger partial charge on any atom is 0.407 e. The highest BCUT2D eigenvalue weighted by Crippen LogP contribution is 2.19. The van der Waals surface area contributed by atoms with Gasteiger partial charge in [0.25, 0.3) is 0 Å². The summed E-state index contributed by atoms with van der Waals surface area (Å²) >= 11 is 0. The van der Waals surface area contributed by atoms with E-state index in [9.17, 15) is 4.79 Å². The summed E-state index contributed by atoms with van der Waals surface area (Å²) < 4.78 is 17.0. The molecule has 0 saturated carbocycles. The van der Waals surface area contributed by atoms with Crippen LogP contribution in [-0.2, 0) is 20.8 Å². The highest BCUT2D eigenvalue weighted by atomic mass is 16.7. The number of amides is 1. The van der Waals surface area contributed by atoms with Gasteiger partial charge in [-0.1, -0.05) is 44.2 Å². The largest absolute Gasteiger partial charge is 0.445 e. The molecule has 0 aromatic heterocycles. The van der Waals surface area contributed by atoms with Crippen molar-refractivity contribution in [2.45, 2.75) is 71.5 Å². The van der Waals surface area contributed by atoms with Gasteiger partial charge in [-0.3, -0.25) is 0 Å². The van der Waals surface area contributed by atoms with Crippen molar-refractivity contribution in [3.8, 4) is 0 Å². The lowest BCUT2D eigenvalue weighted by Gasteiger charge is -2.31. The van der Waals surface area contributed by atoms with E-state index in [0.717, 1.165) is 37.9 Å². The van der Waals surface area contributed by atoms with Crippen LogP contribution in [0.2, 0.25) is 0 Å². The zero-order valence-electron chi connectivity index (χ0n) is 15.6. The van der Waals surface area contributed by atoms with E-state index in [-0.39, 0.29) is 25.0 Å². The Labute approximate surface area is 151 Å². The Balaban J connectivity index is 1.83. The van der Waals surface area contributed by atoms with Crippen LogP contribution in [0.25, 0.3) is 0 Å². The van der Waals surface area contributed by atoms with Gasteiger partial charge in [0, 0.05) is 6.61 Å². The second-order valence-electron chi connectivity index (χ2n) is 7.08. The lowest BCUT2D eigenvalue weighted by Crippen LogP contribution is -2.46. The molecule has 1 aliphatic rings. The summed E-state index contributed by atoms with van der Waals surface area (Å²) in [6.07, 6.45) is 3.25. The molecule has 1 aromatic carbocycles. The number of ether oxygens (including phenoxy) is 3. The van der Waals surface area contributed by atoms with E-state index < -0.39 is 6.09 Å². The first-order chi connectivity index (χ1) is 12.0. The van der Waals surface area contributed by atoms with E-state index in [1.54, 1.807) is 0 Å². The predicted molar refractivity (Wildman–Crippen MR) is 97.1 cm³/mol. The zero-order valence-corrected chi connectivity index (χ0v) is 15.6. The van der Waals surface area contributed by atoms with Gasteiger partial charge in [-0.2, -0.15) is 0 Å². The monoisotopic (exact) mass is 349 g/mol. The average molecular weight is 349 g/mol. The number of alkyl carbamates (subject to hydrolysis) is 1. The van der Waals surface area contributed by atoms with Crippen LogP contribution < -0.4 is 5.32 Å². The second-order valence-corrected chi connectivity index (χ2v) is 7.08. The number of hydrogen-bond donors (Lipinski definition) is 1.